The number of hydrogen-bond acceptors (Lipinski definition) is 6. The summed E-state index contributed by atoms with van der Waals surface area (Å²) in [6, 6.07) is 9.98. The van der Waals surface area contributed by atoms with Crippen molar-refractivity contribution in [1.82, 2.24) is 4.31 Å². The largest absolute Gasteiger partial charge is 0.493 e. The second kappa shape index (κ2) is 11.1. The van der Waals surface area contributed by atoms with E-state index in [1.165, 1.54) is 7.11 Å². The molecular weight excluding hydrogens is 456 g/mol. The van der Waals surface area contributed by atoms with Crippen LogP contribution in [0.1, 0.15) is 32.3 Å². The van der Waals surface area contributed by atoms with Crippen LogP contribution in [0.15, 0.2) is 41.3 Å². The number of carbonyl (C=O) groups is 1. The summed E-state index contributed by atoms with van der Waals surface area (Å²) < 4.78 is 43.7. The molecule has 3 rings (SSSR count). The molecule has 8 nitrogen and oxygen atoms in total. The second-order valence-corrected chi connectivity index (χ2v) is 10.8. The Hall–Kier alpha value is -2.78. The number of rotatable bonds is 9. The van der Waals surface area contributed by atoms with Crippen molar-refractivity contribution in [3.05, 3.63) is 42.0 Å². The van der Waals surface area contributed by atoms with Crippen molar-refractivity contribution in [1.29, 1.82) is 0 Å². The SMILES string of the molecule is COc1cc(CCC(=O)Nc2ccc(S(=O)(=O)N3CC(C)CC(C)C3)cc2)cc(OC)c1OC. The van der Waals surface area contributed by atoms with Crippen molar-refractivity contribution in [3.8, 4) is 17.2 Å². The van der Waals surface area contributed by atoms with Gasteiger partial charge in [0.05, 0.1) is 26.2 Å². The average Bonchev–Trinajstić information content (AvgIpc) is 2.81. The minimum absolute atomic E-state index is 0.178. The van der Waals surface area contributed by atoms with Gasteiger partial charge in [0.1, 0.15) is 0 Å². The molecule has 2 aromatic carbocycles. The van der Waals surface area contributed by atoms with Crippen LogP contribution in [0, 0.1) is 11.8 Å². The fourth-order valence-corrected chi connectivity index (χ4v) is 6.10. The highest BCUT2D eigenvalue weighted by Gasteiger charge is 2.31. The molecule has 0 saturated carbocycles. The minimum atomic E-state index is -3.55. The molecule has 0 radical (unpaired) electrons. The number of nitrogens with zero attached hydrogens (tertiary/aromatic N) is 1. The molecule has 9 heteroatoms. The third kappa shape index (κ3) is 6.01. The third-order valence-corrected chi connectivity index (χ3v) is 7.82. The predicted octanol–water partition coefficient (Wildman–Crippen LogP) is 3.95. The number of hydrogen-bond donors (Lipinski definition) is 1. The molecule has 1 aliphatic rings. The number of benzene rings is 2. The van der Waals surface area contributed by atoms with Gasteiger partial charge >= 0.3 is 0 Å². The lowest BCUT2D eigenvalue weighted by atomic mass is 9.94. The number of methoxy groups -OCH3 is 3. The Bertz CT molecular complexity index is 1070. The standard InChI is InChI=1S/C25H34N2O6S/c1-17-12-18(2)16-27(15-17)34(29,30)21-9-7-20(8-10-21)26-24(28)11-6-19-13-22(31-3)25(33-5)23(14-19)32-4/h7-10,13-14,17-18H,6,11-12,15-16H2,1-5H3,(H,26,28). The van der Waals surface area contributed by atoms with E-state index >= 15 is 0 Å². The number of amides is 1. The van der Waals surface area contributed by atoms with Crippen LogP contribution in [0.4, 0.5) is 5.69 Å². The summed E-state index contributed by atoms with van der Waals surface area (Å²) in [5.41, 5.74) is 1.42. The lowest BCUT2D eigenvalue weighted by molar-refractivity contribution is -0.116. The van der Waals surface area contributed by atoms with Crippen molar-refractivity contribution in [2.45, 2.75) is 38.0 Å². The van der Waals surface area contributed by atoms with E-state index in [-0.39, 0.29) is 17.2 Å². The van der Waals surface area contributed by atoms with Crippen LogP contribution in [0.2, 0.25) is 0 Å². The molecule has 1 N–H and O–H groups in total. The zero-order valence-electron chi connectivity index (χ0n) is 20.5. The van der Waals surface area contributed by atoms with Crippen molar-refractivity contribution in [3.63, 3.8) is 0 Å². The van der Waals surface area contributed by atoms with E-state index < -0.39 is 10.0 Å². The Morgan fingerprint density at radius 3 is 2.03 bits per heavy atom. The molecule has 2 atom stereocenters. The summed E-state index contributed by atoms with van der Waals surface area (Å²) in [5, 5.41) is 2.83. The number of nitrogens with one attached hydrogen (secondary N) is 1. The first-order valence-electron chi connectivity index (χ1n) is 11.4. The van der Waals surface area contributed by atoms with Gasteiger partial charge in [-0.2, -0.15) is 4.31 Å². The lowest BCUT2D eigenvalue weighted by Crippen LogP contribution is -2.42. The van der Waals surface area contributed by atoms with Gasteiger partial charge in [0, 0.05) is 25.2 Å². The second-order valence-electron chi connectivity index (χ2n) is 8.87. The monoisotopic (exact) mass is 490 g/mol. The smallest absolute Gasteiger partial charge is 0.243 e. The molecule has 1 saturated heterocycles. The molecule has 2 unspecified atom stereocenters. The van der Waals surface area contributed by atoms with Crippen molar-refractivity contribution in [2.24, 2.45) is 11.8 Å². The summed E-state index contributed by atoms with van der Waals surface area (Å²) >= 11 is 0. The van der Waals surface area contributed by atoms with Crippen LogP contribution in [-0.2, 0) is 21.2 Å². The van der Waals surface area contributed by atoms with Crippen LogP contribution in [0.3, 0.4) is 0 Å². The van der Waals surface area contributed by atoms with E-state index in [0.29, 0.717) is 54.3 Å². The Labute approximate surface area is 202 Å². The number of ether oxygens (including phenoxy) is 3. The maximum atomic E-state index is 13.0. The number of anilines is 1. The molecule has 1 heterocycles. The summed E-state index contributed by atoms with van der Waals surface area (Å²) in [4.78, 5) is 12.7. The Balaban J connectivity index is 1.62. The Morgan fingerprint density at radius 1 is 0.971 bits per heavy atom. The average molecular weight is 491 g/mol. The van der Waals surface area contributed by atoms with E-state index in [1.807, 2.05) is 12.1 Å². The molecule has 1 amide bonds. The molecule has 1 fully saturated rings. The zero-order valence-corrected chi connectivity index (χ0v) is 21.3. The van der Waals surface area contributed by atoms with Gasteiger partial charge in [-0.15, -0.1) is 0 Å². The molecule has 186 valence electrons. The van der Waals surface area contributed by atoms with E-state index in [0.717, 1.165) is 12.0 Å². The fraction of sp³-hybridized carbons (Fsp3) is 0.480. The molecule has 34 heavy (non-hydrogen) atoms. The minimum Gasteiger partial charge on any atom is -0.493 e. The zero-order chi connectivity index (χ0) is 24.9. The van der Waals surface area contributed by atoms with Gasteiger partial charge < -0.3 is 19.5 Å². The number of carbonyl (C=O) groups excluding carboxylic acids is 1. The van der Waals surface area contributed by atoms with E-state index in [1.54, 1.807) is 42.8 Å². The highest BCUT2D eigenvalue weighted by Crippen LogP contribution is 2.38. The van der Waals surface area contributed by atoms with Gasteiger partial charge in [-0.1, -0.05) is 13.8 Å². The van der Waals surface area contributed by atoms with Gasteiger partial charge in [-0.05, 0) is 66.6 Å². The van der Waals surface area contributed by atoms with Crippen molar-refractivity contribution in [2.75, 3.05) is 39.7 Å². The summed E-state index contributed by atoms with van der Waals surface area (Å²) in [7, 11) is 1.08. The Kier molecular flexibility index (Phi) is 8.43. The molecule has 2 aromatic rings. The first-order valence-corrected chi connectivity index (χ1v) is 12.8. The first kappa shape index (κ1) is 25.8. The maximum absolute atomic E-state index is 13.0. The highest BCUT2D eigenvalue weighted by atomic mass is 32.2. The third-order valence-electron chi connectivity index (χ3n) is 5.98. The van der Waals surface area contributed by atoms with Crippen LogP contribution < -0.4 is 19.5 Å². The first-order chi connectivity index (χ1) is 16.2. The fourth-order valence-electron chi connectivity index (χ4n) is 4.42. The summed E-state index contributed by atoms with van der Waals surface area (Å²) in [6.07, 6.45) is 1.75. The van der Waals surface area contributed by atoms with Gasteiger partial charge in [0.25, 0.3) is 0 Å². The topological polar surface area (TPSA) is 94.2 Å². The molecular formula is C25H34N2O6S. The van der Waals surface area contributed by atoms with Crippen LogP contribution in [-0.4, -0.2) is 53.0 Å². The number of sulfonamides is 1. The normalized spacial score (nSPS) is 18.9. The van der Waals surface area contributed by atoms with Gasteiger partial charge in [0.2, 0.25) is 21.7 Å². The van der Waals surface area contributed by atoms with Gasteiger partial charge in [-0.3, -0.25) is 4.79 Å². The number of aryl methyl sites for hydroxylation is 1. The quantitative estimate of drug-likeness (QED) is 0.572. The predicted molar refractivity (Wildman–Crippen MR) is 131 cm³/mol. The van der Waals surface area contributed by atoms with E-state index in [2.05, 4.69) is 19.2 Å². The van der Waals surface area contributed by atoms with Crippen LogP contribution >= 0.6 is 0 Å². The van der Waals surface area contributed by atoms with Gasteiger partial charge in [0.15, 0.2) is 11.5 Å². The maximum Gasteiger partial charge on any atom is 0.243 e. The van der Waals surface area contributed by atoms with Crippen molar-refractivity contribution < 1.29 is 27.4 Å². The highest BCUT2D eigenvalue weighted by molar-refractivity contribution is 7.89. The number of piperidine rings is 1. The summed E-state index contributed by atoms with van der Waals surface area (Å²) in [5.74, 6) is 2.06. The van der Waals surface area contributed by atoms with Gasteiger partial charge in [-0.25, -0.2) is 8.42 Å². The molecule has 0 bridgehead atoms. The van der Waals surface area contributed by atoms with Crippen LogP contribution in [0.25, 0.3) is 0 Å². The van der Waals surface area contributed by atoms with Crippen LogP contribution in [0.5, 0.6) is 17.2 Å². The van der Waals surface area contributed by atoms with E-state index in [4.69, 9.17) is 14.2 Å². The van der Waals surface area contributed by atoms with E-state index in [9.17, 15) is 13.2 Å². The molecule has 0 aromatic heterocycles. The molecule has 0 spiro atoms. The molecule has 1 aliphatic heterocycles. The lowest BCUT2D eigenvalue weighted by Gasteiger charge is -2.34. The van der Waals surface area contributed by atoms with Crippen molar-refractivity contribution >= 4 is 21.6 Å². The molecule has 0 aliphatic carbocycles. The summed E-state index contributed by atoms with van der Waals surface area (Å²) in [6.45, 7) is 5.22. The Morgan fingerprint density at radius 2 is 1.53 bits per heavy atom.